The summed E-state index contributed by atoms with van der Waals surface area (Å²) in [6.45, 7) is 2.00. The summed E-state index contributed by atoms with van der Waals surface area (Å²) < 4.78 is 40.7. The van der Waals surface area contributed by atoms with Crippen molar-refractivity contribution in [1.82, 2.24) is 9.97 Å². The number of halogens is 3. The maximum atomic E-state index is 12.6. The number of hydrogen-bond acceptors (Lipinski definition) is 3. The van der Waals surface area contributed by atoms with Crippen molar-refractivity contribution >= 4 is 0 Å². The van der Waals surface area contributed by atoms with Crippen LogP contribution in [0.2, 0.25) is 0 Å². The highest BCUT2D eigenvalue weighted by Crippen LogP contribution is 2.22. The van der Waals surface area contributed by atoms with Crippen LogP contribution in [-0.4, -0.2) is 9.97 Å². The predicted molar refractivity (Wildman–Crippen MR) is 67.8 cm³/mol. The Bertz CT molecular complexity index is 605. The molecule has 0 saturated heterocycles. The number of nitrogens with zero attached hydrogens (tertiary/aromatic N) is 2. The van der Waals surface area contributed by atoms with E-state index in [1.54, 1.807) is 24.5 Å². The van der Waals surface area contributed by atoms with Crippen LogP contribution in [0, 0.1) is 0 Å². The lowest BCUT2D eigenvalue weighted by Gasteiger charge is -2.04. The summed E-state index contributed by atoms with van der Waals surface area (Å²) in [4.78, 5) is 8.37. The van der Waals surface area contributed by atoms with Gasteiger partial charge in [0.15, 0.2) is 5.82 Å². The Hall–Kier alpha value is -2.37. The molecule has 2 aromatic rings. The monoisotopic (exact) mass is 280 g/mol. The van der Waals surface area contributed by atoms with Crippen LogP contribution in [0.1, 0.15) is 12.5 Å². The topological polar surface area (TPSA) is 35.0 Å². The first-order chi connectivity index (χ1) is 9.60. The maximum Gasteiger partial charge on any atom is 0.344 e. The average molecular weight is 280 g/mol. The van der Waals surface area contributed by atoms with Gasteiger partial charge in [0.1, 0.15) is 5.75 Å². The first kappa shape index (κ1) is 14.0. The van der Waals surface area contributed by atoms with Crippen molar-refractivity contribution in [1.29, 1.82) is 0 Å². The molecular weight excluding hydrogens is 269 g/mol. The number of rotatable bonds is 4. The zero-order chi connectivity index (χ0) is 14.5. The van der Waals surface area contributed by atoms with Crippen LogP contribution in [-0.2, 0) is 6.42 Å². The van der Waals surface area contributed by atoms with Crippen LogP contribution in [0.3, 0.4) is 0 Å². The Morgan fingerprint density at radius 3 is 2.15 bits per heavy atom. The molecular formula is C14H11F3N2O. The quantitative estimate of drug-likeness (QED) is 0.790. The lowest BCUT2D eigenvalue weighted by Crippen LogP contribution is -1.93. The Morgan fingerprint density at radius 1 is 1.05 bits per heavy atom. The van der Waals surface area contributed by atoms with Crippen molar-refractivity contribution in [2.75, 3.05) is 0 Å². The van der Waals surface area contributed by atoms with Crippen molar-refractivity contribution in [3.05, 3.63) is 54.3 Å². The van der Waals surface area contributed by atoms with E-state index in [9.17, 15) is 13.2 Å². The number of ether oxygens (including phenoxy) is 1. The van der Waals surface area contributed by atoms with Gasteiger partial charge in [0.05, 0.1) is 0 Å². The van der Waals surface area contributed by atoms with Crippen LogP contribution < -0.4 is 4.74 Å². The Balaban J connectivity index is 2.17. The molecule has 0 aliphatic carbocycles. The van der Waals surface area contributed by atoms with Crippen molar-refractivity contribution in [2.24, 2.45) is 0 Å². The molecule has 0 saturated carbocycles. The summed E-state index contributed by atoms with van der Waals surface area (Å²) in [5.74, 6) is 0.477. The second kappa shape index (κ2) is 6.18. The second-order valence-corrected chi connectivity index (χ2v) is 3.93. The third-order valence-corrected chi connectivity index (χ3v) is 2.58. The van der Waals surface area contributed by atoms with Gasteiger partial charge in [0.2, 0.25) is 0 Å². The van der Waals surface area contributed by atoms with Gasteiger partial charge in [-0.15, -0.1) is 0 Å². The van der Waals surface area contributed by atoms with Crippen molar-refractivity contribution in [3.8, 4) is 17.1 Å². The average Bonchev–Trinajstić information content (AvgIpc) is 2.48. The molecule has 20 heavy (non-hydrogen) atoms. The number of aromatic nitrogens is 2. The second-order valence-electron chi connectivity index (χ2n) is 3.93. The van der Waals surface area contributed by atoms with Crippen LogP contribution in [0.4, 0.5) is 13.2 Å². The molecule has 0 fully saturated rings. The van der Waals surface area contributed by atoms with Crippen molar-refractivity contribution in [2.45, 2.75) is 13.3 Å². The molecule has 0 aliphatic rings. The maximum absolute atomic E-state index is 12.6. The predicted octanol–water partition coefficient (Wildman–Crippen LogP) is 4.12. The molecule has 1 aromatic carbocycles. The van der Waals surface area contributed by atoms with E-state index in [1.807, 2.05) is 6.92 Å². The van der Waals surface area contributed by atoms with E-state index in [-0.39, 0.29) is 5.75 Å². The minimum atomic E-state index is -2.49. The lowest BCUT2D eigenvalue weighted by molar-refractivity contribution is 0.241. The standard InChI is InChI=1S/C14H11F3N2O/c1-2-9-7-18-14(19-8-9)10-3-5-11(6-4-10)20-13(17)12(15)16/h3-8H,2H2,1H3. The fourth-order valence-electron chi connectivity index (χ4n) is 1.50. The molecule has 1 aromatic heterocycles. The fourth-order valence-corrected chi connectivity index (χ4v) is 1.50. The molecule has 0 N–H and O–H groups in total. The van der Waals surface area contributed by atoms with Gasteiger partial charge in [0.25, 0.3) is 0 Å². The van der Waals surface area contributed by atoms with Gasteiger partial charge in [0, 0.05) is 18.0 Å². The van der Waals surface area contributed by atoms with Gasteiger partial charge in [-0.25, -0.2) is 9.97 Å². The van der Waals surface area contributed by atoms with E-state index < -0.39 is 12.1 Å². The Kier molecular flexibility index (Phi) is 4.34. The third-order valence-electron chi connectivity index (χ3n) is 2.58. The molecule has 0 aliphatic heterocycles. The molecule has 0 radical (unpaired) electrons. The molecule has 3 nitrogen and oxygen atoms in total. The summed E-state index contributed by atoms with van der Waals surface area (Å²) in [6, 6.07) is 3.98. The van der Waals surface area contributed by atoms with Crippen LogP contribution in [0.15, 0.2) is 48.8 Å². The number of hydrogen-bond donors (Lipinski definition) is 0. The molecule has 0 amide bonds. The van der Waals surface area contributed by atoms with Gasteiger partial charge in [-0.05, 0) is 36.2 Å². The summed E-state index contributed by atoms with van der Waals surface area (Å²) in [5.41, 5.74) is 1.70. The van der Waals surface area contributed by atoms with Gasteiger partial charge >= 0.3 is 12.1 Å². The highest BCUT2D eigenvalue weighted by Gasteiger charge is 2.08. The number of aryl methyl sites for hydroxylation is 1. The fraction of sp³-hybridized carbons (Fsp3) is 0.143. The van der Waals surface area contributed by atoms with Gasteiger partial charge in [-0.3, -0.25) is 0 Å². The molecule has 0 unspecified atom stereocenters. The van der Waals surface area contributed by atoms with Crippen molar-refractivity contribution < 1.29 is 17.9 Å². The highest BCUT2D eigenvalue weighted by atomic mass is 19.3. The molecule has 2 rings (SSSR count). The Morgan fingerprint density at radius 2 is 1.65 bits per heavy atom. The van der Waals surface area contributed by atoms with Crippen molar-refractivity contribution in [3.63, 3.8) is 0 Å². The first-order valence-electron chi connectivity index (χ1n) is 5.90. The summed E-state index contributed by atoms with van der Waals surface area (Å²) in [6.07, 6.45) is 1.78. The molecule has 0 atom stereocenters. The Labute approximate surface area is 113 Å². The number of benzene rings is 1. The SMILES string of the molecule is CCc1cnc(-c2ccc(OC(F)=C(F)F)cc2)nc1. The smallest absolute Gasteiger partial charge is 0.344 e. The van der Waals surface area contributed by atoms with E-state index in [2.05, 4.69) is 14.7 Å². The zero-order valence-corrected chi connectivity index (χ0v) is 10.6. The van der Waals surface area contributed by atoms with Crippen LogP contribution in [0.25, 0.3) is 11.4 Å². The van der Waals surface area contributed by atoms with Crippen LogP contribution >= 0.6 is 0 Å². The molecule has 0 spiro atoms. The van der Waals surface area contributed by atoms with Gasteiger partial charge < -0.3 is 4.74 Å². The molecule has 104 valence electrons. The van der Waals surface area contributed by atoms with E-state index in [1.165, 1.54) is 12.1 Å². The summed E-state index contributed by atoms with van der Waals surface area (Å²) in [7, 11) is 0. The summed E-state index contributed by atoms with van der Waals surface area (Å²) >= 11 is 0. The van der Waals surface area contributed by atoms with Gasteiger partial charge in [-0.1, -0.05) is 6.92 Å². The van der Waals surface area contributed by atoms with Gasteiger partial charge in [-0.2, -0.15) is 13.2 Å². The normalized spacial score (nSPS) is 10.2. The minimum Gasteiger partial charge on any atom is -0.428 e. The van der Waals surface area contributed by atoms with E-state index in [0.29, 0.717) is 11.4 Å². The zero-order valence-electron chi connectivity index (χ0n) is 10.6. The summed E-state index contributed by atoms with van der Waals surface area (Å²) in [5, 5.41) is 0. The van der Waals surface area contributed by atoms with E-state index >= 15 is 0 Å². The molecule has 6 heteroatoms. The largest absolute Gasteiger partial charge is 0.428 e. The minimum absolute atomic E-state index is 0.0239. The molecule has 1 heterocycles. The lowest BCUT2D eigenvalue weighted by atomic mass is 10.2. The molecule has 0 bridgehead atoms. The highest BCUT2D eigenvalue weighted by molar-refractivity contribution is 5.56. The first-order valence-corrected chi connectivity index (χ1v) is 5.90. The third kappa shape index (κ3) is 3.34. The van der Waals surface area contributed by atoms with Crippen LogP contribution in [0.5, 0.6) is 5.75 Å². The van der Waals surface area contributed by atoms with E-state index in [4.69, 9.17) is 0 Å². The van der Waals surface area contributed by atoms with E-state index in [0.717, 1.165) is 12.0 Å².